The van der Waals surface area contributed by atoms with E-state index in [4.69, 9.17) is 5.73 Å². The van der Waals surface area contributed by atoms with Crippen LogP contribution in [0.2, 0.25) is 0 Å². The van der Waals surface area contributed by atoms with E-state index in [0.717, 1.165) is 6.42 Å². The summed E-state index contributed by atoms with van der Waals surface area (Å²) < 4.78 is 0. The predicted octanol–water partition coefficient (Wildman–Crippen LogP) is -0.532. The van der Waals surface area contributed by atoms with Gasteiger partial charge in [-0.1, -0.05) is 15.9 Å². The second-order valence-electron chi connectivity index (χ2n) is 2.48. The molecule has 1 unspecified atom stereocenters. The van der Waals surface area contributed by atoms with Crippen LogP contribution >= 0.6 is 15.9 Å². The molecule has 0 bridgehead atoms. The van der Waals surface area contributed by atoms with Gasteiger partial charge in [0.1, 0.15) is 0 Å². The van der Waals surface area contributed by atoms with Gasteiger partial charge in [0.25, 0.3) is 0 Å². The van der Waals surface area contributed by atoms with Gasteiger partial charge >= 0.3 is 0 Å². The van der Waals surface area contributed by atoms with Gasteiger partial charge in [0.05, 0.1) is 11.4 Å². The molecule has 11 heavy (non-hydrogen) atoms. The molecule has 1 aliphatic heterocycles. The lowest BCUT2D eigenvalue weighted by Gasteiger charge is -2.12. The van der Waals surface area contributed by atoms with E-state index in [-0.39, 0.29) is 17.3 Å². The maximum absolute atomic E-state index is 11.1. The third kappa shape index (κ3) is 1.92. The van der Waals surface area contributed by atoms with Gasteiger partial charge < -0.3 is 10.6 Å². The Morgan fingerprint density at radius 1 is 1.82 bits per heavy atom. The van der Waals surface area contributed by atoms with Crippen molar-refractivity contribution in [3.05, 3.63) is 0 Å². The number of amides is 2. The van der Waals surface area contributed by atoms with Gasteiger partial charge in [0, 0.05) is 6.54 Å². The van der Waals surface area contributed by atoms with Gasteiger partial charge in [-0.2, -0.15) is 0 Å². The molecule has 0 spiro atoms. The number of carbonyl (C=O) groups is 2. The molecule has 62 valence electrons. The van der Waals surface area contributed by atoms with Crippen molar-refractivity contribution in [3.63, 3.8) is 0 Å². The third-order valence-electron chi connectivity index (χ3n) is 1.58. The number of nitrogens with two attached hydrogens (primary N) is 1. The van der Waals surface area contributed by atoms with Gasteiger partial charge in [-0.3, -0.25) is 9.59 Å². The van der Waals surface area contributed by atoms with Crippen molar-refractivity contribution in [3.8, 4) is 0 Å². The molecule has 1 atom stereocenters. The van der Waals surface area contributed by atoms with E-state index in [1.165, 1.54) is 4.90 Å². The Kier molecular flexibility index (Phi) is 2.49. The fraction of sp³-hybridized carbons (Fsp3) is 0.667. The van der Waals surface area contributed by atoms with Gasteiger partial charge in [-0.25, -0.2) is 0 Å². The van der Waals surface area contributed by atoms with Crippen LogP contribution in [0, 0.1) is 0 Å². The SMILES string of the molecule is NC(=O)CN1CCC(Br)C1=O. The number of halogens is 1. The minimum absolute atomic E-state index is 0.0381. The fourth-order valence-corrected chi connectivity index (χ4v) is 1.54. The van der Waals surface area contributed by atoms with E-state index >= 15 is 0 Å². The maximum atomic E-state index is 11.1. The van der Waals surface area contributed by atoms with E-state index in [2.05, 4.69) is 15.9 Å². The van der Waals surface area contributed by atoms with E-state index in [0.29, 0.717) is 6.54 Å². The van der Waals surface area contributed by atoms with Gasteiger partial charge in [-0.15, -0.1) is 0 Å². The molecule has 0 aromatic heterocycles. The van der Waals surface area contributed by atoms with Crippen molar-refractivity contribution >= 4 is 27.7 Å². The lowest BCUT2D eigenvalue weighted by atomic mass is 10.4. The number of nitrogens with zero attached hydrogens (tertiary/aromatic N) is 1. The Morgan fingerprint density at radius 3 is 2.82 bits per heavy atom. The topological polar surface area (TPSA) is 63.4 Å². The summed E-state index contributed by atoms with van der Waals surface area (Å²) in [5, 5.41) is 0. The molecule has 0 radical (unpaired) electrons. The van der Waals surface area contributed by atoms with Crippen molar-refractivity contribution in [2.45, 2.75) is 11.2 Å². The summed E-state index contributed by atoms with van der Waals surface area (Å²) in [4.78, 5) is 22.9. The lowest BCUT2D eigenvalue weighted by Crippen LogP contribution is -2.35. The number of rotatable bonds is 2. The van der Waals surface area contributed by atoms with E-state index < -0.39 is 5.91 Å². The molecule has 2 N–H and O–H groups in total. The molecule has 2 amide bonds. The molecule has 0 aromatic rings. The fourth-order valence-electron chi connectivity index (χ4n) is 1.05. The first-order valence-electron chi connectivity index (χ1n) is 3.32. The standard InChI is InChI=1S/C6H9BrN2O2/c7-4-1-2-9(6(4)11)3-5(8)10/h4H,1-3H2,(H2,8,10). The highest BCUT2D eigenvalue weighted by Crippen LogP contribution is 2.17. The second kappa shape index (κ2) is 3.21. The molecule has 5 heteroatoms. The number of carbonyl (C=O) groups excluding carboxylic acids is 2. The zero-order valence-corrected chi connectivity index (χ0v) is 7.50. The summed E-state index contributed by atoms with van der Waals surface area (Å²) in [5.41, 5.74) is 4.93. The first kappa shape index (κ1) is 8.52. The number of likely N-dealkylation sites (tertiary alicyclic amines) is 1. The summed E-state index contributed by atoms with van der Waals surface area (Å²) in [6.07, 6.45) is 0.756. The average Bonchev–Trinajstić information content (AvgIpc) is 2.18. The molecule has 0 saturated carbocycles. The van der Waals surface area contributed by atoms with Crippen molar-refractivity contribution in [2.75, 3.05) is 13.1 Å². The number of hydrogen-bond donors (Lipinski definition) is 1. The maximum Gasteiger partial charge on any atom is 0.237 e. The molecular formula is C6H9BrN2O2. The van der Waals surface area contributed by atoms with Gasteiger partial charge in [-0.05, 0) is 6.42 Å². The largest absolute Gasteiger partial charge is 0.368 e. The summed E-state index contributed by atoms with van der Waals surface area (Å²) in [6.45, 7) is 0.665. The van der Waals surface area contributed by atoms with Gasteiger partial charge in [0.2, 0.25) is 11.8 Å². The lowest BCUT2D eigenvalue weighted by molar-refractivity contribution is -0.131. The second-order valence-corrected chi connectivity index (χ2v) is 3.59. The first-order valence-corrected chi connectivity index (χ1v) is 4.24. The highest BCUT2D eigenvalue weighted by atomic mass is 79.9. The van der Waals surface area contributed by atoms with Crippen LogP contribution in [0.3, 0.4) is 0 Å². The number of hydrogen-bond acceptors (Lipinski definition) is 2. The summed E-state index contributed by atoms with van der Waals surface area (Å²) >= 11 is 3.19. The monoisotopic (exact) mass is 220 g/mol. The summed E-state index contributed by atoms with van der Waals surface area (Å²) in [6, 6.07) is 0. The zero-order valence-electron chi connectivity index (χ0n) is 5.92. The van der Waals surface area contributed by atoms with Crippen LogP contribution in [0.4, 0.5) is 0 Å². The number of primary amides is 1. The third-order valence-corrected chi connectivity index (χ3v) is 2.43. The minimum Gasteiger partial charge on any atom is -0.368 e. The van der Waals surface area contributed by atoms with Crippen molar-refractivity contribution in [2.24, 2.45) is 5.73 Å². The first-order chi connectivity index (χ1) is 5.11. The van der Waals surface area contributed by atoms with Crippen molar-refractivity contribution in [1.29, 1.82) is 0 Å². The molecule has 1 saturated heterocycles. The average molecular weight is 221 g/mol. The van der Waals surface area contributed by atoms with E-state index in [9.17, 15) is 9.59 Å². The van der Waals surface area contributed by atoms with Crippen LogP contribution in [0.25, 0.3) is 0 Å². The number of alkyl halides is 1. The summed E-state index contributed by atoms with van der Waals surface area (Å²) in [5.74, 6) is -0.497. The molecule has 4 nitrogen and oxygen atoms in total. The molecule has 1 rings (SSSR count). The highest BCUT2D eigenvalue weighted by Gasteiger charge is 2.29. The Bertz CT molecular complexity index is 195. The molecule has 1 fully saturated rings. The Balaban J connectivity index is 2.49. The smallest absolute Gasteiger partial charge is 0.237 e. The Morgan fingerprint density at radius 2 is 2.45 bits per heavy atom. The van der Waals surface area contributed by atoms with Crippen LogP contribution in [-0.4, -0.2) is 34.6 Å². The van der Waals surface area contributed by atoms with Crippen LogP contribution in [0.1, 0.15) is 6.42 Å². The normalized spacial score (nSPS) is 24.3. The van der Waals surface area contributed by atoms with Crippen LogP contribution in [0.15, 0.2) is 0 Å². The highest BCUT2D eigenvalue weighted by molar-refractivity contribution is 9.10. The molecule has 1 aliphatic rings. The van der Waals surface area contributed by atoms with Crippen LogP contribution < -0.4 is 5.73 Å². The van der Waals surface area contributed by atoms with Gasteiger partial charge in [0.15, 0.2) is 0 Å². The van der Waals surface area contributed by atoms with E-state index in [1.54, 1.807) is 0 Å². The molecular weight excluding hydrogens is 212 g/mol. The Hall–Kier alpha value is -0.580. The molecule has 0 aromatic carbocycles. The molecule has 0 aliphatic carbocycles. The summed E-state index contributed by atoms with van der Waals surface area (Å²) in [7, 11) is 0. The Labute approximate surface area is 72.8 Å². The predicted molar refractivity (Wildman–Crippen MR) is 43.1 cm³/mol. The van der Waals surface area contributed by atoms with Crippen LogP contribution in [0.5, 0.6) is 0 Å². The van der Waals surface area contributed by atoms with E-state index in [1.807, 2.05) is 0 Å². The van der Waals surface area contributed by atoms with Crippen molar-refractivity contribution < 1.29 is 9.59 Å². The zero-order chi connectivity index (χ0) is 8.43. The quantitative estimate of drug-likeness (QED) is 0.637. The van der Waals surface area contributed by atoms with Crippen molar-refractivity contribution in [1.82, 2.24) is 4.90 Å². The molecule has 1 heterocycles. The minimum atomic E-state index is -0.458. The van der Waals surface area contributed by atoms with Crippen LogP contribution in [-0.2, 0) is 9.59 Å².